The average Bonchev–Trinajstić information content (AvgIpc) is 2.69. The molecule has 6 heteroatoms. The van der Waals surface area contributed by atoms with Crippen molar-refractivity contribution in [1.82, 2.24) is 9.97 Å². The second kappa shape index (κ2) is 8.35. The van der Waals surface area contributed by atoms with E-state index in [1.165, 1.54) is 0 Å². The van der Waals surface area contributed by atoms with Gasteiger partial charge in [-0.3, -0.25) is 0 Å². The molecule has 146 valence electrons. The number of hydrogen-bond donors (Lipinski definition) is 1. The second-order valence-electron chi connectivity index (χ2n) is 7.48. The summed E-state index contributed by atoms with van der Waals surface area (Å²) in [5.74, 6) is 2.55. The Morgan fingerprint density at radius 1 is 1.04 bits per heavy atom. The molecule has 1 fully saturated rings. The summed E-state index contributed by atoms with van der Waals surface area (Å²) in [4.78, 5) is 11.5. The fourth-order valence-electron chi connectivity index (χ4n) is 3.74. The Balaban J connectivity index is 1.48. The molecule has 2 atom stereocenters. The average molecular weight is 441 g/mol. The molecular formula is C22H25BrN4O. The molecule has 1 heterocycles. The van der Waals surface area contributed by atoms with Crippen LogP contribution in [0.3, 0.4) is 0 Å². The largest absolute Gasteiger partial charge is 0.490 e. The summed E-state index contributed by atoms with van der Waals surface area (Å²) in [5.41, 5.74) is 0.960. The zero-order valence-corrected chi connectivity index (χ0v) is 17.8. The van der Waals surface area contributed by atoms with Crippen LogP contribution in [-0.2, 0) is 0 Å². The maximum atomic E-state index is 6.20. The van der Waals surface area contributed by atoms with Crippen LogP contribution in [0.25, 0.3) is 10.9 Å². The van der Waals surface area contributed by atoms with Gasteiger partial charge in [0.05, 0.1) is 5.52 Å². The summed E-state index contributed by atoms with van der Waals surface area (Å²) in [5, 5.41) is 4.62. The van der Waals surface area contributed by atoms with Crippen molar-refractivity contribution in [2.45, 2.75) is 37.8 Å². The summed E-state index contributed by atoms with van der Waals surface area (Å²) in [7, 11) is 4.03. The first kappa shape index (κ1) is 19.0. The number of aromatic nitrogens is 2. The lowest BCUT2D eigenvalue weighted by Crippen LogP contribution is -2.33. The van der Waals surface area contributed by atoms with Gasteiger partial charge in [0, 0.05) is 36.4 Å². The van der Waals surface area contributed by atoms with Crippen molar-refractivity contribution >= 4 is 38.6 Å². The molecule has 0 amide bonds. The van der Waals surface area contributed by atoms with Gasteiger partial charge in [-0.05, 0) is 55.7 Å². The van der Waals surface area contributed by atoms with E-state index in [0.717, 1.165) is 52.6 Å². The fourth-order valence-corrected chi connectivity index (χ4v) is 4.00. The maximum absolute atomic E-state index is 6.20. The van der Waals surface area contributed by atoms with Crippen LogP contribution in [0.1, 0.15) is 25.7 Å². The number of benzene rings is 2. The Hall–Kier alpha value is -2.34. The minimum absolute atomic E-state index is 0.209. The molecule has 1 N–H and O–H groups in total. The molecule has 0 aliphatic heterocycles. The van der Waals surface area contributed by atoms with E-state index in [1.807, 2.05) is 61.5 Å². The van der Waals surface area contributed by atoms with Gasteiger partial charge >= 0.3 is 0 Å². The highest BCUT2D eigenvalue weighted by Crippen LogP contribution is 2.28. The van der Waals surface area contributed by atoms with Crippen LogP contribution in [0.5, 0.6) is 5.75 Å². The SMILES string of the molecule is CN(C)c1nc(NC2CCCC(Oc3ccc(Br)cc3)C2)nc2ccccc12. The number of fused-ring (bicyclic) bond motifs is 1. The first-order valence-corrected chi connectivity index (χ1v) is 10.5. The molecule has 0 saturated heterocycles. The van der Waals surface area contributed by atoms with Crippen molar-refractivity contribution in [2.75, 3.05) is 24.3 Å². The number of halogens is 1. The highest BCUT2D eigenvalue weighted by Gasteiger charge is 2.24. The lowest BCUT2D eigenvalue weighted by molar-refractivity contribution is 0.148. The molecule has 3 aromatic rings. The molecule has 0 bridgehead atoms. The van der Waals surface area contributed by atoms with Crippen molar-refractivity contribution < 1.29 is 4.74 Å². The van der Waals surface area contributed by atoms with Gasteiger partial charge in [-0.1, -0.05) is 28.1 Å². The predicted octanol–water partition coefficient (Wildman–Crippen LogP) is 5.26. The quantitative estimate of drug-likeness (QED) is 0.586. The van der Waals surface area contributed by atoms with E-state index in [4.69, 9.17) is 14.7 Å². The molecule has 1 saturated carbocycles. The Labute approximate surface area is 174 Å². The molecule has 1 aromatic heterocycles. The second-order valence-corrected chi connectivity index (χ2v) is 8.40. The lowest BCUT2D eigenvalue weighted by atomic mass is 9.93. The van der Waals surface area contributed by atoms with Crippen molar-refractivity contribution in [3.63, 3.8) is 0 Å². The third-order valence-corrected chi connectivity index (χ3v) is 5.61. The maximum Gasteiger partial charge on any atom is 0.225 e. The van der Waals surface area contributed by atoms with E-state index in [1.54, 1.807) is 0 Å². The molecule has 2 unspecified atom stereocenters. The zero-order chi connectivity index (χ0) is 19.5. The van der Waals surface area contributed by atoms with Crippen molar-refractivity contribution in [1.29, 1.82) is 0 Å². The summed E-state index contributed by atoms with van der Waals surface area (Å²) in [6, 6.07) is 16.5. The number of ether oxygens (including phenoxy) is 1. The minimum atomic E-state index is 0.209. The van der Waals surface area contributed by atoms with Gasteiger partial charge in [0.2, 0.25) is 5.95 Å². The number of nitrogens with one attached hydrogen (secondary N) is 1. The Bertz CT molecular complexity index is 945. The zero-order valence-electron chi connectivity index (χ0n) is 16.2. The normalized spacial score (nSPS) is 19.4. The van der Waals surface area contributed by atoms with E-state index in [0.29, 0.717) is 12.0 Å². The van der Waals surface area contributed by atoms with Crippen LogP contribution < -0.4 is 15.0 Å². The molecule has 2 aromatic carbocycles. The number of rotatable bonds is 5. The third kappa shape index (κ3) is 4.38. The summed E-state index contributed by atoms with van der Waals surface area (Å²) < 4.78 is 7.26. The highest BCUT2D eigenvalue weighted by molar-refractivity contribution is 9.10. The van der Waals surface area contributed by atoms with Gasteiger partial charge in [0.1, 0.15) is 17.7 Å². The number of para-hydroxylation sites is 1. The summed E-state index contributed by atoms with van der Waals surface area (Å²) in [6.07, 6.45) is 4.47. The number of anilines is 2. The van der Waals surface area contributed by atoms with Crippen LogP contribution >= 0.6 is 15.9 Å². The fraction of sp³-hybridized carbons (Fsp3) is 0.364. The summed E-state index contributed by atoms with van der Waals surface area (Å²) >= 11 is 3.47. The van der Waals surface area contributed by atoms with Gasteiger partial charge < -0.3 is 15.0 Å². The highest BCUT2D eigenvalue weighted by atomic mass is 79.9. The van der Waals surface area contributed by atoms with Crippen LogP contribution in [0.2, 0.25) is 0 Å². The monoisotopic (exact) mass is 440 g/mol. The van der Waals surface area contributed by atoms with E-state index in [9.17, 15) is 0 Å². The third-order valence-electron chi connectivity index (χ3n) is 5.08. The van der Waals surface area contributed by atoms with Gasteiger partial charge in [-0.15, -0.1) is 0 Å². The first-order chi connectivity index (χ1) is 13.6. The predicted molar refractivity (Wildman–Crippen MR) is 118 cm³/mol. The van der Waals surface area contributed by atoms with Gasteiger partial charge in [-0.25, -0.2) is 4.98 Å². The van der Waals surface area contributed by atoms with Crippen LogP contribution in [0, 0.1) is 0 Å². The standard InChI is InChI=1S/C22H25BrN4O/c1-27(2)21-19-8-3-4-9-20(19)25-22(26-21)24-16-6-5-7-18(14-16)28-17-12-10-15(23)11-13-17/h3-4,8-13,16,18H,5-7,14H2,1-2H3,(H,24,25,26). The minimum Gasteiger partial charge on any atom is -0.490 e. The van der Waals surface area contributed by atoms with Gasteiger partial charge in [0.25, 0.3) is 0 Å². The molecule has 4 rings (SSSR count). The van der Waals surface area contributed by atoms with Crippen molar-refractivity contribution in [2.24, 2.45) is 0 Å². The summed E-state index contributed by atoms with van der Waals surface area (Å²) in [6.45, 7) is 0. The molecule has 0 spiro atoms. The molecule has 1 aliphatic carbocycles. The first-order valence-electron chi connectivity index (χ1n) is 9.71. The van der Waals surface area contributed by atoms with Crippen molar-refractivity contribution in [3.8, 4) is 5.75 Å². The Morgan fingerprint density at radius 2 is 1.82 bits per heavy atom. The van der Waals surface area contributed by atoms with Crippen LogP contribution in [-0.4, -0.2) is 36.2 Å². The van der Waals surface area contributed by atoms with E-state index >= 15 is 0 Å². The van der Waals surface area contributed by atoms with Gasteiger partial charge in [0.15, 0.2) is 0 Å². The Morgan fingerprint density at radius 3 is 2.61 bits per heavy atom. The molecular weight excluding hydrogens is 416 g/mol. The van der Waals surface area contributed by atoms with Crippen LogP contribution in [0.4, 0.5) is 11.8 Å². The number of nitrogens with zero attached hydrogens (tertiary/aromatic N) is 3. The van der Waals surface area contributed by atoms with Gasteiger partial charge in [-0.2, -0.15) is 4.98 Å². The molecule has 5 nitrogen and oxygen atoms in total. The topological polar surface area (TPSA) is 50.3 Å². The van der Waals surface area contributed by atoms with Crippen molar-refractivity contribution in [3.05, 3.63) is 53.0 Å². The molecule has 1 aliphatic rings. The van der Waals surface area contributed by atoms with E-state index in [-0.39, 0.29) is 6.10 Å². The smallest absolute Gasteiger partial charge is 0.225 e. The van der Waals surface area contributed by atoms with E-state index < -0.39 is 0 Å². The van der Waals surface area contributed by atoms with E-state index in [2.05, 4.69) is 27.3 Å². The molecule has 28 heavy (non-hydrogen) atoms. The number of hydrogen-bond acceptors (Lipinski definition) is 5. The molecule has 0 radical (unpaired) electrons. The Kier molecular flexibility index (Phi) is 5.67. The lowest BCUT2D eigenvalue weighted by Gasteiger charge is -2.30. The van der Waals surface area contributed by atoms with Crippen LogP contribution in [0.15, 0.2) is 53.0 Å².